The second kappa shape index (κ2) is 9.74. The summed E-state index contributed by atoms with van der Waals surface area (Å²) in [4.78, 5) is 28.5. The average molecular weight is 411 g/mol. The molecule has 1 aromatic heterocycles. The van der Waals surface area contributed by atoms with E-state index < -0.39 is 5.25 Å². The number of aromatic nitrogens is 3. The summed E-state index contributed by atoms with van der Waals surface area (Å²) in [5.74, 6) is 0.590. The number of carbonyl (C=O) groups is 2. The fourth-order valence-electron chi connectivity index (χ4n) is 2.35. The highest BCUT2D eigenvalue weighted by Crippen LogP contribution is 2.20. The number of benzene rings is 2. The number of thioether (sulfide) groups is 1. The highest BCUT2D eigenvalue weighted by atomic mass is 32.2. The van der Waals surface area contributed by atoms with Gasteiger partial charge in [-0.15, -0.1) is 5.10 Å². The van der Waals surface area contributed by atoms with E-state index in [0.717, 1.165) is 11.3 Å². The molecule has 9 heteroatoms. The van der Waals surface area contributed by atoms with Gasteiger partial charge in [0.05, 0.1) is 5.25 Å². The maximum absolute atomic E-state index is 12.2. The molecule has 0 aliphatic carbocycles. The predicted molar refractivity (Wildman–Crippen MR) is 109 cm³/mol. The highest BCUT2D eigenvalue weighted by Gasteiger charge is 2.18. The normalized spacial score (nSPS) is 11.5. The van der Waals surface area contributed by atoms with Crippen LogP contribution < -0.4 is 15.6 Å². The number of hydrogen-bond acceptors (Lipinski definition) is 6. The molecule has 0 unspecified atom stereocenters. The van der Waals surface area contributed by atoms with E-state index in [4.69, 9.17) is 4.74 Å². The molecule has 2 aromatic carbocycles. The van der Waals surface area contributed by atoms with Crippen LogP contribution in [-0.4, -0.2) is 32.2 Å². The number of aromatic amines is 1. The number of nitrogens with zero attached hydrogens (tertiary/aromatic N) is 2. The highest BCUT2D eigenvalue weighted by molar-refractivity contribution is 8.00. The molecule has 3 rings (SSSR count). The predicted octanol–water partition coefficient (Wildman–Crippen LogP) is 2.63. The van der Waals surface area contributed by atoms with Gasteiger partial charge in [-0.3, -0.25) is 25.5 Å². The number of aryl methyl sites for hydroxylation is 1. The zero-order chi connectivity index (χ0) is 20.6. The van der Waals surface area contributed by atoms with Gasteiger partial charge in [0.15, 0.2) is 5.82 Å². The largest absolute Gasteiger partial charge is 0.485 e. The van der Waals surface area contributed by atoms with Gasteiger partial charge in [0, 0.05) is 5.56 Å². The molecule has 8 nitrogen and oxygen atoms in total. The number of ether oxygens (including phenoxy) is 1. The maximum Gasteiger partial charge on any atom is 0.269 e. The summed E-state index contributed by atoms with van der Waals surface area (Å²) in [5, 5.41) is 6.81. The number of carbonyl (C=O) groups excluding carboxylic acids is 2. The van der Waals surface area contributed by atoms with E-state index in [-0.39, 0.29) is 18.4 Å². The fourth-order valence-corrected chi connectivity index (χ4v) is 3.10. The zero-order valence-electron chi connectivity index (χ0n) is 16.0. The first kappa shape index (κ1) is 20.4. The molecule has 2 amide bonds. The van der Waals surface area contributed by atoms with Crippen molar-refractivity contribution >= 4 is 23.6 Å². The molecule has 1 atom stereocenters. The second-order valence-electron chi connectivity index (χ2n) is 6.19. The number of H-pyrrole nitrogens is 1. The van der Waals surface area contributed by atoms with Gasteiger partial charge in [-0.05, 0) is 37.6 Å². The fraction of sp³-hybridized carbons (Fsp3) is 0.200. The van der Waals surface area contributed by atoms with Crippen molar-refractivity contribution in [3.63, 3.8) is 0 Å². The number of para-hydroxylation sites is 1. The molecule has 0 aliphatic rings. The van der Waals surface area contributed by atoms with Gasteiger partial charge in [0.2, 0.25) is 5.16 Å². The standard InChI is InChI=1S/C20H21N5O3S/c1-13-8-6-7-11-16(13)28-12-17-21-20(25-22-17)29-14(2)18(26)23-24-19(27)15-9-4-3-5-10-15/h3-11,14H,12H2,1-2H3,(H,23,26)(H,24,27)(H,21,22,25)/t14-/m1/s1. The number of hydrazine groups is 1. The summed E-state index contributed by atoms with van der Waals surface area (Å²) >= 11 is 1.17. The summed E-state index contributed by atoms with van der Waals surface area (Å²) in [6, 6.07) is 16.3. The van der Waals surface area contributed by atoms with E-state index in [1.54, 1.807) is 31.2 Å². The first-order chi connectivity index (χ1) is 14.0. The van der Waals surface area contributed by atoms with Crippen molar-refractivity contribution in [1.82, 2.24) is 26.0 Å². The Labute approximate surface area is 172 Å². The van der Waals surface area contributed by atoms with Crippen molar-refractivity contribution in [2.45, 2.75) is 30.9 Å². The van der Waals surface area contributed by atoms with Crippen LogP contribution in [-0.2, 0) is 11.4 Å². The Hall–Kier alpha value is -3.33. The average Bonchev–Trinajstić information content (AvgIpc) is 3.19. The van der Waals surface area contributed by atoms with Gasteiger partial charge in [-0.1, -0.05) is 48.2 Å². The van der Waals surface area contributed by atoms with E-state index in [0.29, 0.717) is 16.5 Å². The van der Waals surface area contributed by atoms with Crippen LogP contribution in [0.5, 0.6) is 5.75 Å². The van der Waals surface area contributed by atoms with Crippen LogP contribution in [0.15, 0.2) is 59.8 Å². The van der Waals surface area contributed by atoms with Gasteiger partial charge >= 0.3 is 0 Å². The number of amides is 2. The number of nitrogens with one attached hydrogen (secondary N) is 3. The molecule has 0 saturated heterocycles. The topological polar surface area (TPSA) is 109 Å². The molecular formula is C20H21N5O3S. The van der Waals surface area contributed by atoms with Crippen LogP contribution in [0, 0.1) is 6.92 Å². The van der Waals surface area contributed by atoms with E-state index >= 15 is 0 Å². The molecule has 0 aliphatic heterocycles. The minimum Gasteiger partial charge on any atom is -0.485 e. The van der Waals surface area contributed by atoms with Crippen LogP contribution in [0.1, 0.15) is 28.7 Å². The lowest BCUT2D eigenvalue weighted by Crippen LogP contribution is -2.44. The quantitative estimate of drug-likeness (QED) is 0.407. The van der Waals surface area contributed by atoms with Crippen molar-refractivity contribution < 1.29 is 14.3 Å². The van der Waals surface area contributed by atoms with Gasteiger partial charge in [-0.2, -0.15) is 0 Å². The monoisotopic (exact) mass is 411 g/mol. The Bertz CT molecular complexity index is 977. The van der Waals surface area contributed by atoms with E-state index in [2.05, 4.69) is 26.0 Å². The van der Waals surface area contributed by atoms with E-state index in [9.17, 15) is 9.59 Å². The summed E-state index contributed by atoms with van der Waals surface area (Å²) < 4.78 is 5.73. The van der Waals surface area contributed by atoms with Crippen LogP contribution in [0.25, 0.3) is 0 Å². The minimum absolute atomic E-state index is 0.242. The van der Waals surface area contributed by atoms with Crippen LogP contribution in [0.4, 0.5) is 0 Å². The third-order valence-corrected chi connectivity index (χ3v) is 4.92. The smallest absolute Gasteiger partial charge is 0.269 e. The Morgan fingerprint density at radius 3 is 2.59 bits per heavy atom. The van der Waals surface area contributed by atoms with Crippen molar-refractivity contribution in [3.8, 4) is 5.75 Å². The molecule has 0 spiro atoms. The van der Waals surface area contributed by atoms with Gasteiger partial charge in [-0.25, -0.2) is 4.98 Å². The minimum atomic E-state index is -0.507. The number of rotatable bonds is 7. The third kappa shape index (κ3) is 5.82. The Kier molecular flexibility index (Phi) is 6.85. The third-order valence-electron chi connectivity index (χ3n) is 3.96. The van der Waals surface area contributed by atoms with Gasteiger partial charge in [0.25, 0.3) is 11.8 Å². The summed E-state index contributed by atoms with van der Waals surface area (Å²) in [6.45, 7) is 3.91. The second-order valence-corrected chi connectivity index (χ2v) is 7.50. The summed E-state index contributed by atoms with van der Waals surface area (Å²) in [5.41, 5.74) is 6.30. The molecule has 3 aromatic rings. The molecule has 0 saturated carbocycles. The molecule has 29 heavy (non-hydrogen) atoms. The molecule has 3 N–H and O–H groups in total. The first-order valence-electron chi connectivity index (χ1n) is 8.94. The van der Waals surface area contributed by atoms with Crippen LogP contribution in [0.2, 0.25) is 0 Å². The lowest BCUT2D eigenvalue weighted by Gasteiger charge is -2.11. The Balaban J connectivity index is 1.46. The summed E-state index contributed by atoms with van der Waals surface area (Å²) in [7, 11) is 0. The van der Waals surface area contributed by atoms with Crippen molar-refractivity contribution in [3.05, 3.63) is 71.5 Å². The SMILES string of the molecule is Cc1ccccc1OCc1nc(S[C@H](C)C(=O)NNC(=O)c2ccccc2)n[nH]1. The molecule has 150 valence electrons. The molecule has 0 radical (unpaired) electrons. The molecule has 0 bridgehead atoms. The van der Waals surface area contributed by atoms with Gasteiger partial charge < -0.3 is 4.74 Å². The van der Waals surface area contributed by atoms with Crippen molar-refractivity contribution in [2.24, 2.45) is 0 Å². The Morgan fingerprint density at radius 2 is 1.83 bits per heavy atom. The van der Waals surface area contributed by atoms with E-state index in [1.165, 1.54) is 11.8 Å². The van der Waals surface area contributed by atoms with Crippen LogP contribution in [0.3, 0.4) is 0 Å². The molecular weight excluding hydrogens is 390 g/mol. The van der Waals surface area contributed by atoms with Gasteiger partial charge in [0.1, 0.15) is 12.4 Å². The Morgan fingerprint density at radius 1 is 1.10 bits per heavy atom. The van der Waals surface area contributed by atoms with Crippen molar-refractivity contribution in [1.29, 1.82) is 0 Å². The summed E-state index contributed by atoms with van der Waals surface area (Å²) in [6.07, 6.45) is 0. The molecule has 1 heterocycles. The lowest BCUT2D eigenvalue weighted by molar-refractivity contribution is -0.121. The number of hydrogen-bond donors (Lipinski definition) is 3. The maximum atomic E-state index is 12.2. The molecule has 0 fully saturated rings. The first-order valence-corrected chi connectivity index (χ1v) is 9.82. The van der Waals surface area contributed by atoms with E-state index in [1.807, 2.05) is 37.3 Å². The zero-order valence-corrected chi connectivity index (χ0v) is 16.8. The lowest BCUT2D eigenvalue weighted by atomic mass is 10.2. The van der Waals surface area contributed by atoms with Crippen molar-refractivity contribution in [2.75, 3.05) is 0 Å². The van der Waals surface area contributed by atoms with Crippen LogP contribution >= 0.6 is 11.8 Å².